The van der Waals surface area contributed by atoms with Crippen LogP contribution >= 0.6 is 12.4 Å². The van der Waals surface area contributed by atoms with Gasteiger partial charge in [0, 0.05) is 57.1 Å². The molecule has 0 saturated carbocycles. The van der Waals surface area contributed by atoms with Gasteiger partial charge in [0.05, 0.1) is 18.2 Å². The molecule has 0 aromatic heterocycles. The summed E-state index contributed by atoms with van der Waals surface area (Å²) >= 11 is 0. The molecule has 7 nitrogen and oxygen atoms in total. The number of piperazine rings is 1. The van der Waals surface area contributed by atoms with Gasteiger partial charge >= 0.3 is 0 Å². The maximum Gasteiger partial charge on any atom is 0.222 e. The zero-order chi connectivity index (χ0) is 28.8. The predicted molar refractivity (Wildman–Crippen MR) is 176 cm³/mol. The van der Waals surface area contributed by atoms with E-state index in [-0.39, 0.29) is 24.4 Å². The number of likely N-dealkylation sites (N-methyl/N-ethyl adjacent to an activating group) is 1. The van der Waals surface area contributed by atoms with Gasteiger partial charge in [0.15, 0.2) is 0 Å². The van der Waals surface area contributed by atoms with Gasteiger partial charge in [-0.15, -0.1) is 12.4 Å². The van der Waals surface area contributed by atoms with Crippen molar-refractivity contribution in [3.63, 3.8) is 0 Å². The van der Waals surface area contributed by atoms with Gasteiger partial charge in [-0.2, -0.15) is 0 Å². The van der Waals surface area contributed by atoms with Gasteiger partial charge in [-0.25, -0.2) is 4.99 Å². The van der Waals surface area contributed by atoms with Gasteiger partial charge in [-0.1, -0.05) is 74.5 Å². The standard InChI is InChI=1S/C34H44N6O.ClH/c1-26(2)28-14-16-29(17-15-28)40-32(24-33(41)35-25-27-10-6-5-7-11-27)30-12-8-9-13-31(30)36-34(40)39-22-20-38(21-23-39)19-18-37(3)4;/h5-17,26,32H,18-25H2,1-4H3,(H,35,41);1H. The van der Waals surface area contributed by atoms with Crippen LogP contribution in [0.15, 0.2) is 83.9 Å². The second kappa shape index (κ2) is 14.7. The smallest absolute Gasteiger partial charge is 0.222 e. The number of amides is 1. The third-order valence-electron chi connectivity index (χ3n) is 8.11. The fourth-order valence-corrected chi connectivity index (χ4v) is 5.61. The Bertz CT molecular complexity index is 1320. The van der Waals surface area contributed by atoms with Crippen molar-refractivity contribution in [3.05, 3.63) is 95.6 Å². The van der Waals surface area contributed by atoms with Crippen LogP contribution in [0.3, 0.4) is 0 Å². The number of guanidine groups is 1. The summed E-state index contributed by atoms with van der Waals surface area (Å²) in [4.78, 5) is 28.2. The molecule has 1 amide bonds. The zero-order valence-corrected chi connectivity index (χ0v) is 26.2. The molecule has 1 unspecified atom stereocenters. The number of carbonyl (C=O) groups excluding carboxylic acids is 1. The Morgan fingerprint density at radius 1 is 0.929 bits per heavy atom. The lowest BCUT2D eigenvalue weighted by Crippen LogP contribution is -2.56. The van der Waals surface area contributed by atoms with Gasteiger partial charge in [0.25, 0.3) is 0 Å². The number of para-hydroxylation sites is 1. The Morgan fingerprint density at radius 3 is 2.26 bits per heavy atom. The average Bonchev–Trinajstić information content (AvgIpc) is 2.99. The molecule has 1 atom stereocenters. The molecule has 2 aliphatic rings. The third kappa shape index (κ3) is 7.71. The van der Waals surface area contributed by atoms with E-state index in [9.17, 15) is 4.79 Å². The Hall–Kier alpha value is -3.39. The summed E-state index contributed by atoms with van der Waals surface area (Å²) in [6.07, 6.45) is 0.345. The van der Waals surface area contributed by atoms with Gasteiger partial charge in [0.1, 0.15) is 0 Å². The van der Waals surface area contributed by atoms with Crippen LogP contribution in [-0.2, 0) is 11.3 Å². The van der Waals surface area contributed by atoms with E-state index in [1.54, 1.807) is 0 Å². The molecule has 5 rings (SSSR count). The molecule has 224 valence electrons. The maximum absolute atomic E-state index is 13.5. The highest BCUT2D eigenvalue weighted by atomic mass is 35.5. The molecular weight excluding hydrogens is 544 g/mol. The van der Waals surface area contributed by atoms with Crippen molar-refractivity contribution in [1.82, 2.24) is 20.0 Å². The lowest BCUT2D eigenvalue weighted by molar-refractivity contribution is -0.121. The lowest BCUT2D eigenvalue weighted by Gasteiger charge is -2.45. The van der Waals surface area contributed by atoms with Gasteiger partial charge in [0.2, 0.25) is 11.9 Å². The molecular formula is C34H45ClN6O. The van der Waals surface area contributed by atoms with E-state index in [2.05, 4.69) is 95.3 Å². The van der Waals surface area contributed by atoms with Crippen molar-refractivity contribution in [1.29, 1.82) is 0 Å². The van der Waals surface area contributed by atoms with E-state index >= 15 is 0 Å². The largest absolute Gasteiger partial charge is 0.352 e. The highest BCUT2D eigenvalue weighted by Crippen LogP contribution is 2.40. The van der Waals surface area contributed by atoms with Crippen LogP contribution in [0.5, 0.6) is 0 Å². The number of halogens is 1. The summed E-state index contributed by atoms with van der Waals surface area (Å²) in [5, 5.41) is 3.17. The molecule has 42 heavy (non-hydrogen) atoms. The van der Waals surface area contributed by atoms with Gasteiger partial charge < -0.3 is 20.0 Å². The van der Waals surface area contributed by atoms with Gasteiger partial charge in [-0.05, 0) is 49.3 Å². The van der Waals surface area contributed by atoms with Crippen LogP contribution in [-0.4, -0.2) is 79.9 Å². The lowest BCUT2D eigenvalue weighted by atomic mass is 9.96. The number of anilines is 1. The second-order valence-corrected chi connectivity index (χ2v) is 11.7. The maximum atomic E-state index is 13.5. The fraction of sp³-hybridized carbons (Fsp3) is 0.412. The van der Waals surface area contributed by atoms with Crippen LogP contribution in [0.25, 0.3) is 0 Å². The number of carbonyl (C=O) groups is 1. The first-order valence-corrected chi connectivity index (χ1v) is 14.9. The summed E-state index contributed by atoms with van der Waals surface area (Å²) < 4.78 is 0. The Morgan fingerprint density at radius 2 is 1.60 bits per heavy atom. The predicted octanol–water partition coefficient (Wildman–Crippen LogP) is 5.67. The minimum Gasteiger partial charge on any atom is -0.352 e. The molecule has 3 aromatic rings. The van der Waals surface area contributed by atoms with Crippen molar-refractivity contribution < 1.29 is 4.79 Å². The van der Waals surface area contributed by atoms with Crippen molar-refractivity contribution in [3.8, 4) is 0 Å². The highest BCUT2D eigenvalue weighted by Gasteiger charge is 2.36. The molecule has 0 aliphatic carbocycles. The SMILES string of the molecule is CC(C)c1ccc(N2C(N3CCN(CCN(C)C)CC3)=Nc3ccccc3C2CC(=O)NCc2ccccc2)cc1.Cl. The average molecular weight is 589 g/mol. The van der Waals surface area contributed by atoms with Crippen molar-refractivity contribution in [2.75, 3.05) is 58.3 Å². The summed E-state index contributed by atoms with van der Waals surface area (Å²) in [7, 11) is 4.26. The summed E-state index contributed by atoms with van der Waals surface area (Å²) in [6, 6.07) is 27.0. The first kappa shape index (κ1) is 31.5. The quantitative estimate of drug-likeness (QED) is 0.349. The van der Waals surface area contributed by atoms with E-state index in [1.807, 2.05) is 36.4 Å². The molecule has 0 spiro atoms. The minimum atomic E-state index is -0.161. The summed E-state index contributed by atoms with van der Waals surface area (Å²) in [5.41, 5.74) is 5.51. The van der Waals surface area contributed by atoms with E-state index in [1.165, 1.54) is 5.56 Å². The summed E-state index contributed by atoms with van der Waals surface area (Å²) in [6.45, 7) is 10.9. The Labute approximate surface area is 257 Å². The van der Waals surface area contributed by atoms with Crippen LogP contribution in [0.4, 0.5) is 11.4 Å². The highest BCUT2D eigenvalue weighted by molar-refractivity contribution is 6.01. The summed E-state index contributed by atoms with van der Waals surface area (Å²) in [5.74, 6) is 1.43. The number of nitrogens with one attached hydrogen (secondary N) is 1. The number of rotatable bonds is 9. The molecule has 0 radical (unpaired) electrons. The van der Waals surface area contributed by atoms with E-state index < -0.39 is 0 Å². The minimum absolute atomic E-state index is 0. The van der Waals surface area contributed by atoms with Crippen molar-refractivity contribution in [2.24, 2.45) is 4.99 Å². The molecule has 0 bridgehead atoms. The number of hydrogen-bond acceptors (Lipinski definition) is 6. The number of nitrogens with zero attached hydrogens (tertiary/aromatic N) is 5. The van der Waals surface area contributed by atoms with E-state index in [0.717, 1.165) is 67.7 Å². The van der Waals surface area contributed by atoms with E-state index in [4.69, 9.17) is 4.99 Å². The Balaban J connectivity index is 0.00000405. The monoisotopic (exact) mass is 588 g/mol. The van der Waals surface area contributed by atoms with Crippen LogP contribution in [0.1, 0.15) is 48.9 Å². The first-order chi connectivity index (χ1) is 19.9. The first-order valence-electron chi connectivity index (χ1n) is 14.9. The molecule has 1 N–H and O–H groups in total. The molecule has 1 fully saturated rings. The Kier molecular flexibility index (Phi) is 11.0. The number of fused-ring (bicyclic) bond motifs is 1. The molecule has 2 aliphatic heterocycles. The van der Waals surface area contributed by atoms with Crippen LogP contribution in [0, 0.1) is 0 Å². The zero-order valence-electron chi connectivity index (χ0n) is 25.4. The van der Waals surface area contributed by atoms with Crippen LogP contribution in [0.2, 0.25) is 0 Å². The fourth-order valence-electron chi connectivity index (χ4n) is 5.61. The van der Waals surface area contributed by atoms with Gasteiger partial charge in [-0.3, -0.25) is 9.69 Å². The molecule has 2 heterocycles. The molecule has 1 saturated heterocycles. The third-order valence-corrected chi connectivity index (χ3v) is 8.11. The van der Waals surface area contributed by atoms with Crippen molar-refractivity contribution >= 4 is 35.6 Å². The molecule has 3 aromatic carbocycles. The van der Waals surface area contributed by atoms with Crippen LogP contribution < -0.4 is 10.2 Å². The number of aliphatic imine (C=N–C) groups is 1. The molecule has 8 heteroatoms. The van der Waals surface area contributed by atoms with E-state index in [0.29, 0.717) is 18.9 Å². The second-order valence-electron chi connectivity index (χ2n) is 11.7. The topological polar surface area (TPSA) is 54.4 Å². The normalized spacial score (nSPS) is 17.1. The number of benzene rings is 3. The number of hydrogen-bond donors (Lipinski definition) is 1. The van der Waals surface area contributed by atoms with Crippen molar-refractivity contribution in [2.45, 2.75) is 38.8 Å².